The van der Waals surface area contributed by atoms with Crippen LogP contribution in [0.1, 0.15) is 50.7 Å². The second kappa shape index (κ2) is 8.01. The Kier molecular flexibility index (Phi) is 6.02. The van der Waals surface area contributed by atoms with Crippen LogP contribution < -0.4 is 15.4 Å². The summed E-state index contributed by atoms with van der Waals surface area (Å²) < 4.78 is 18.4. The van der Waals surface area contributed by atoms with Crippen molar-refractivity contribution >= 4 is 17.4 Å². The fourth-order valence-corrected chi connectivity index (χ4v) is 2.73. The van der Waals surface area contributed by atoms with Gasteiger partial charge in [0, 0.05) is 11.8 Å². The van der Waals surface area contributed by atoms with Gasteiger partial charge in [-0.1, -0.05) is 45.9 Å². The van der Waals surface area contributed by atoms with Crippen LogP contribution in [0, 0.1) is 5.82 Å². The van der Waals surface area contributed by atoms with Gasteiger partial charge in [0.1, 0.15) is 11.6 Å². The predicted octanol–water partition coefficient (Wildman–Crippen LogP) is 5.73. The number of rotatable bonds is 5. The Morgan fingerprint density at radius 2 is 1.60 bits per heavy atom. The lowest BCUT2D eigenvalue weighted by atomic mass is 9.93. The molecule has 2 rings (SSSR count). The first-order valence-electron chi connectivity index (χ1n) is 8.37. The van der Waals surface area contributed by atoms with Gasteiger partial charge in [-0.15, -0.1) is 0 Å². The molecule has 2 amide bonds. The molecule has 0 aliphatic heterocycles. The number of benzene rings is 2. The highest BCUT2D eigenvalue weighted by Gasteiger charge is 2.16. The summed E-state index contributed by atoms with van der Waals surface area (Å²) >= 11 is 0. The number of methoxy groups -OCH3 is 1. The molecule has 4 nitrogen and oxygen atoms in total. The highest BCUT2D eigenvalue weighted by molar-refractivity contribution is 6.01. The summed E-state index contributed by atoms with van der Waals surface area (Å²) in [5, 5.41) is 5.68. The maximum Gasteiger partial charge on any atom is 0.323 e. The van der Waals surface area contributed by atoms with Crippen molar-refractivity contribution in [2.24, 2.45) is 0 Å². The minimum absolute atomic E-state index is 0.273. The smallest absolute Gasteiger partial charge is 0.323 e. The van der Waals surface area contributed by atoms with Crippen molar-refractivity contribution in [2.45, 2.75) is 39.5 Å². The number of carbonyl (C=O) groups excluding carboxylic acids is 1. The van der Waals surface area contributed by atoms with Gasteiger partial charge in [0.05, 0.1) is 12.8 Å². The fourth-order valence-electron chi connectivity index (χ4n) is 2.73. The first kappa shape index (κ1) is 18.8. The molecular formula is C20H25FN2O2. The lowest BCUT2D eigenvalue weighted by Gasteiger charge is -2.20. The van der Waals surface area contributed by atoms with Crippen LogP contribution in [-0.4, -0.2) is 13.1 Å². The van der Waals surface area contributed by atoms with Crippen LogP contribution in [-0.2, 0) is 0 Å². The standard InChI is InChI=1S/C20H25FN2O2/c1-12(2)15-7-6-8-16(13(3)4)19(15)23-20(24)22-17-10-9-14(21)11-18(17)25-5/h6-13H,1-5H3,(H2,22,23,24). The summed E-state index contributed by atoms with van der Waals surface area (Å²) in [5.74, 6) is 0.398. The molecule has 2 aromatic carbocycles. The molecule has 25 heavy (non-hydrogen) atoms. The molecule has 0 radical (unpaired) electrons. The molecule has 0 atom stereocenters. The van der Waals surface area contributed by atoms with Gasteiger partial charge in [0.2, 0.25) is 0 Å². The van der Waals surface area contributed by atoms with E-state index in [1.165, 1.54) is 25.3 Å². The number of nitrogens with one attached hydrogen (secondary N) is 2. The van der Waals surface area contributed by atoms with Gasteiger partial charge in [-0.2, -0.15) is 0 Å². The summed E-state index contributed by atoms with van der Waals surface area (Å²) in [6.07, 6.45) is 0. The Morgan fingerprint density at radius 3 is 2.12 bits per heavy atom. The highest BCUT2D eigenvalue weighted by atomic mass is 19.1. The van der Waals surface area contributed by atoms with Crippen LogP contribution in [0.2, 0.25) is 0 Å². The molecule has 134 valence electrons. The zero-order chi connectivity index (χ0) is 18.6. The number of para-hydroxylation sites is 1. The van der Waals surface area contributed by atoms with E-state index < -0.39 is 5.82 Å². The van der Waals surface area contributed by atoms with Crippen LogP contribution in [0.5, 0.6) is 5.75 Å². The van der Waals surface area contributed by atoms with Crippen molar-refractivity contribution < 1.29 is 13.9 Å². The second-order valence-electron chi connectivity index (χ2n) is 6.54. The Balaban J connectivity index is 2.29. The van der Waals surface area contributed by atoms with Gasteiger partial charge in [-0.05, 0) is 35.1 Å². The number of hydrogen-bond acceptors (Lipinski definition) is 2. The first-order chi connectivity index (χ1) is 11.8. The number of amides is 2. The molecule has 0 heterocycles. The quantitative estimate of drug-likeness (QED) is 0.728. The lowest BCUT2D eigenvalue weighted by Crippen LogP contribution is -2.22. The van der Waals surface area contributed by atoms with E-state index in [1.54, 1.807) is 0 Å². The van der Waals surface area contributed by atoms with Crippen LogP contribution in [0.25, 0.3) is 0 Å². The first-order valence-corrected chi connectivity index (χ1v) is 8.37. The van der Waals surface area contributed by atoms with Crippen molar-refractivity contribution in [3.05, 3.63) is 53.3 Å². The second-order valence-corrected chi connectivity index (χ2v) is 6.54. The molecule has 0 bridgehead atoms. The summed E-state index contributed by atoms with van der Waals surface area (Å²) in [5.41, 5.74) is 3.39. The van der Waals surface area contributed by atoms with Crippen molar-refractivity contribution in [2.75, 3.05) is 17.7 Å². The fraction of sp³-hybridized carbons (Fsp3) is 0.350. The van der Waals surface area contributed by atoms with E-state index in [-0.39, 0.29) is 23.6 Å². The third kappa shape index (κ3) is 4.50. The molecule has 0 saturated heterocycles. The third-order valence-corrected chi connectivity index (χ3v) is 4.02. The van der Waals surface area contributed by atoms with Gasteiger partial charge in [0.15, 0.2) is 0 Å². The molecule has 0 spiro atoms. The Hall–Kier alpha value is -2.56. The van der Waals surface area contributed by atoms with E-state index >= 15 is 0 Å². The SMILES string of the molecule is COc1cc(F)ccc1NC(=O)Nc1c(C(C)C)cccc1C(C)C. The van der Waals surface area contributed by atoms with E-state index in [0.717, 1.165) is 16.8 Å². The third-order valence-electron chi connectivity index (χ3n) is 4.02. The summed E-state index contributed by atoms with van der Waals surface area (Å²) in [4.78, 5) is 12.5. The maximum atomic E-state index is 13.3. The van der Waals surface area contributed by atoms with Crippen LogP contribution in [0.4, 0.5) is 20.6 Å². The molecule has 0 unspecified atom stereocenters. The summed E-state index contributed by atoms with van der Waals surface area (Å²) in [7, 11) is 1.43. The molecule has 0 fully saturated rings. The Labute approximate surface area is 148 Å². The molecule has 5 heteroatoms. The summed E-state index contributed by atoms with van der Waals surface area (Å²) in [6, 6.07) is 9.65. The monoisotopic (exact) mass is 344 g/mol. The minimum Gasteiger partial charge on any atom is -0.494 e. The number of urea groups is 1. The average Bonchev–Trinajstić information content (AvgIpc) is 2.56. The average molecular weight is 344 g/mol. The van der Waals surface area contributed by atoms with E-state index in [2.05, 4.69) is 38.3 Å². The number of carbonyl (C=O) groups is 1. The molecule has 0 aliphatic carbocycles. The Morgan fingerprint density at radius 1 is 1.00 bits per heavy atom. The van der Waals surface area contributed by atoms with Crippen molar-refractivity contribution in [3.8, 4) is 5.75 Å². The van der Waals surface area contributed by atoms with E-state index in [1.807, 2.05) is 18.2 Å². The molecule has 0 aromatic heterocycles. The van der Waals surface area contributed by atoms with E-state index in [9.17, 15) is 9.18 Å². The van der Waals surface area contributed by atoms with Crippen LogP contribution in [0.3, 0.4) is 0 Å². The minimum atomic E-state index is -0.421. The van der Waals surface area contributed by atoms with Gasteiger partial charge >= 0.3 is 6.03 Å². The van der Waals surface area contributed by atoms with E-state index in [0.29, 0.717) is 5.69 Å². The zero-order valence-corrected chi connectivity index (χ0v) is 15.3. The topological polar surface area (TPSA) is 50.4 Å². The van der Waals surface area contributed by atoms with Gasteiger partial charge in [0.25, 0.3) is 0 Å². The van der Waals surface area contributed by atoms with Crippen molar-refractivity contribution in [1.82, 2.24) is 0 Å². The number of hydrogen-bond donors (Lipinski definition) is 2. The van der Waals surface area contributed by atoms with Gasteiger partial charge in [-0.25, -0.2) is 9.18 Å². The highest BCUT2D eigenvalue weighted by Crippen LogP contribution is 2.33. The van der Waals surface area contributed by atoms with Crippen LogP contribution in [0.15, 0.2) is 36.4 Å². The van der Waals surface area contributed by atoms with Gasteiger partial charge < -0.3 is 15.4 Å². The Bertz CT molecular complexity index is 731. The number of ether oxygens (including phenoxy) is 1. The van der Waals surface area contributed by atoms with Crippen molar-refractivity contribution in [1.29, 1.82) is 0 Å². The predicted molar refractivity (Wildman–Crippen MR) is 100 cm³/mol. The van der Waals surface area contributed by atoms with Crippen molar-refractivity contribution in [3.63, 3.8) is 0 Å². The summed E-state index contributed by atoms with van der Waals surface area (Å²) in [6.45, 7) is 8.36. The lowest BCUT2D eigenvalue weighted by molar-refractivity contribution is 0.262. The normalized spacial score (nSPS) is 10.9. The van der Waals surface area contributed by atoms with Crippen LogP contribution >= 0.6 is 0 Å². The number of anilines is 2. The molecular weight excluding hydrogens is 319 g/mol. The molecule has 2 aromatic rings. The number of halogens is 1. The largest absolute Gasteiger partial charge is 0.494 e. The molecule has 0 aliphatic rings. The molecule has 0 saturated carbocycles. The maximum absolute atomic E-state index is 13.3. The molecule has 2 N–H and O–H groups in total. The van der Waals surface area contributed by atoms with E-state index in [4.69, 9.17) is 4.74 Å². The zero-order valence-electron chi connectivity index (χ0n) is 15.3. The van der Waals surface area contributed by atoms with Gasteiger partial charge in [-0.3, -0.25) is 0 Å².